The fourth-order valence-corrected chi connectivity index (χ4v) is 4.27. The molecule has 0 aromatic heterocycles. The van der Waals surface area contributed by atoms with E-state index in [1.54, 1.807) is 6.07 Å². The summed E-state index contributed by atoms with van der Waals surface area (Å²) in [5.41, 5.74) is 4.58. The van der Waals surface area contributed by atoms with Crippen LogP contribution in [0.15, 0.2) is 72.8 Å². The summed E-state index contributed by atoms with van der Waals surface area (Å²) < 4.78 is 39.6. The molecule has 0 bridgehead atoms. The van der Waals surface area contributed by atoms with Crippen LogP contribution in [0.3, 0.4) is 0 Å². The van der Waals surface area contributed by atoms with Gasteiger partial charge in [0.25, 0.3) is 0 Å². The summed E-state index contributed by atoms with van der Waals surface area (Å²) in [4.78, 5) is 4.36. The molecule has 1 unspecified atom stereocenters. The molecule has 0 radical (unpaired) electrons. The van der Waals surface area contributed by atoms with Crippen LogP contribution in [0.1, 0.15) is 17.3 Å². The standard InChI is InChI=1S/C22H17F3N2.BrH/c23-22(24,25)15-6-5-7-16(14-15)26-12-13-27-20-11-4-3-9-18(20)17-8-1-2-10-19(17)21(26)27;/h1-11,14,21H,12-13H2;1H. The minimum absolute atomic E-state index is 0. The van der Waals surface area contributed by atoms with Crippen LogP contribution in [0.5, 0.6) is 0 Å². The second-order valence-electron chi connectivity index (χ2n) is 6.91. The summed E-state index contributed by atoms with van der Waals surface area (Å²) in [6.07, 6.45) is -4.44. The molecule has 2 heterocycles. The highest BCUT2D eigenvalue weighted by Gasteiger charge is 2.40. The third-order valence-corrected chi connectivity index (χ3v) is 5.42. The van der Waals surface area contributed by atoms with Gasteiger partial charge < -0.3 is 9.80 Å². The van der Waals surface area contributed by atoms with E-state index in [0.717, 1.165) is 29.4 Å². The van der Waals surface area contributed by atoms with Gasteiger partial charge in [-0.3, -0.25) is 0 Å². The molecule has 1 saturated heterocycles. The van der Waals surface area contributed by atoms with Crippen LogP contribution >= 0.6 is 17.0 Å². The highest BCUT2D eigenvalue weighted by molar-refractivity contribution is 8.93. The summed E-state index contributed by atoms with van der Waals surface area (Å²) in [7, 11) is 0. The summed E-state index contributed by atoms with van der Waals surface area (Å²) in [6, 6.07) is 22.0. The van der Waals surface area contributed by atoms with E-state index in [9.17, 15) is 13.2 Å². The second-order valence-corrected chi connectivity index (χ2v) is 6.91. The van der Waals surface area contributed by atoms with E-state index >= 15 is 0 Å². The first-order chi connectivity index (χ1) is 13.0. The molecule has 2 aliphatic rings. The first-order valence-corrected chi connectivity index (χ1v) is 8.93. The molecule has 0 amide bonds. The Balaban J connectivity index is 0.00000192. The molecule has 5 rings (SSSR count). The predicted octanol–water partition coefficient (Wildman–Crippen LogP) is 6.29. The van der Waals surface area contributed by atoms with Crippen molar-refractivity contribution in [2.75, 3.05) is 22.9 Å². The molecule has 3 aromatic rings. The van der Waals surface area contributed by atoms with Crippen LogP contribution in [0.4, 0.5) is 24.5 Å². The molecule has 3 aromatic carbocycles. The van der Waals surface area contributed by atoms with Gasteiger partial charge >= 0.3 is 6.18 Å². The number of nitrogens with zero attached hydrogens (tertiary/aromatic N) is 2. The summed E-state index contributed by atoms with van der Waals surface area (Å²) >= 11 is 0. The third-order valence-electron chi connectivity index (χ3n) is 5.42. The maximum Gasteiger partial charge on any atom is 0.416 e. The zero-order valence-corrected chi connectivity index (χ0v) is 16.6. The van der Waals surface area contributed by atoms with Gasteiger partial charge in [-0.25, -0.2) is 0 Å². The smallest absolute Gasteiger partial charge is 0.346 e. The lowest BCUT2D eigenvalue weighted by Gasteiger charge is -2.39. The number of alkyl halides is 3. The normalized spacial score (nSPS) is 17.5. The van der Waals surface area contributed by atoms with Crippen LogP contribution in [0.25, 0.3) is 11.1 Å². The minimum Gasteiger partial charge on any atom is -0.346 e. The molecule has 0 spiro atoms. The number of fused-ring (bicyclic) bond motifs is 6. The molecular weight excluding hydrogens is 429 g/mol. The Morgan fingerprint density at radius 3 is 2.21 bits per heavy atom. The summed E-state index contributed by atoms with van der Waals surface area (Å²) in [6.45, 7) is 1.45. The second kappa shape index (κ2) is 6.85. The number of hydrogen-bond donors (Lipinski definition) is 0. The van der Waals surface area contributed by atoms with Gasteiger partial charge in [0.2, 0.25) is 0 Å². The lowest BCUT2D eigenvalue weighted by molar-refractivity contribution is -0.137. The highest BCUT2D eigenvalue weighted by Crippen LogP contribution is 2.49. The van der Waals surface area contributed by atoms with Gasteiger partial charge in [0.1, 0.15) is 6.17 Å². The first-order valence-electron chi connectivity index (χ1n) is 8.93. The lowest BCUT2D eigenvalue weighted by atomic mass is 9.91. The van der Waals surface area contributed by atoms with E-state index in [1.807, 2.05) is 24.3 Å². The van der Waals surface area contributed by atoms with E-state index in [4.69, 9.17) is 0 Å². The number of para-hydroxylation sites is 1. The van der Waals surface area contributed by atoms with E-state index in [0.29, 0.717) is 12.2 Å². The van der Waals surface area contributed by atoms with E-state index < -0.39 is 11.7 Å². The van der Waals surface area contributed by atoms with Crippen LogP contribution in [-0.4, -0.2) is 13.1 Å². The Morgan fingerprint density at radius 1 is 0.750 bits per heavy atom. The largest absolute Gasteiger partial charge is 0.416 e. The van der Waals surface area contributed by atoms with Gasteiger partial charge in [-0.15, -0.1) is 17.0 Å². The predicted molar refractivity (Wildman–Crippen MR) is 111 cm³/mol. The van der Waals surface area contributed by atoms with Gasteiger partial charge in [-0.1, -0.05) is 48.5 Å². The molecular formula is C22H18BrF3N2. The summed E-state index contributed by atoms with van der Waals surface area (Å²) in [5.74, 6) is 0. The Labute approximate surface area is 172 Å². The fourth-order valence-electron chi connectivity index (χ4n) is 4.27. The molecule has 0 aliphatic carbocycles. The van der Waals surface area contributed by atoms with Crippen LogP contribution in [0.2, 0.25) is 0 Å². The molecule has 0 N–H and O–H groups in total. The van der Waals surface area contributed by atoms with Crippen molar-refractivity contribution in [3.63, 3.8) is 0 Å². The number of benzene rings is 3. The summed E-state index contributed by atoms with van der Waals surface area (Å²) in [5, 5.41) is 0. The lowest BCUT2D eigenvalue weighted by Crippen LogP contribution is -2.34. The van der Waals surface area contributed by atoms with Crippen molar-refractivity contribution in [2.24, 2.45) is 0 Å². The molecule has 0 saturated carbocycles. The van der Waals surface area contributed by atoms with E-state index in [1.165, 1.54) is 17.7 Å². The van der Waals surface area contributed by atoms with Gasteiger partial charge in [0.15, 0.2) is 0 Å². The Kier molecular flexibility index (Phi) is 4.62. The quantitative estimate of drug-likeness (QED) is 0.433. The van der Waals surface area contributed by atoms with Crippen LogP contribution in [0, 0.1) is 0 Å². The number of anilines is 2. The van der Waals surface area contributed by atoms with Gasteiger partial charge in [0.05, 0.1) is 5.56 Å². The third kappa shape index (κ3) is 2.87. The SMILES string of the molecule is Br.FC(F)(F)c1cccc(N2CCN3c4ccccc4-c4ccccc4C23)c1. The maximum atomic E-state index is 13.2. The number of rotatable bonds is 1. The zero-order chi connectivity index (χ0) is 18.6. The molecule has 6 heteroatoms. The Bertz CT molecular complexity index is 1020. The molecule has 144 valence electrons. The monoisotopic (exact) mass is 446 g/mol. The van der Waals surface area contributed by atoms with Crippen molar-refractivity contribution < 1.29 is 13.2 Å². The number of hydrogen-bond acceptors (Lipinski definition) is 2. The van der Waals surface area contributed by atoms with Gasteiger partial charge in [0, 0.05) is 35.6 Å². The maximum absolute atomic E-state index is 13.2. The highest BCUT2D eigenvalue weighted by atomic mass is 79.9. The van der Waals surface area contributed by atoms with Crippen molar-refractivity contribution in [3.8, 4) is 11.1 Å². The van der Waals surface area contributed by atoms with E-state index in [2.05, 4.69) is 34.1 Å². The average molecular weight is 447 g/mol. The molecule has 2 nitrogen and oxygen atoms in total. The van der Waals surface area contributed by atoms with Gasteiger partial charge in [-0.2, -0.15) is 13.2 Å². The van der Waals surface area contributed by atoms with Crippen molar-refractivity contribution in [2.45, 2.75) is 12.3 Å². The molecule has 1 atom stereocenters. The van der Waals surface area contributed by atoms with Crippen LogP contribution < -0.4 is 9.80 Å². The molecule has 2 aliphatic heterocycles. The van der Waals surface area contributed by atoms with Crippen molar-refractivity contribution >= 4 is 28.4 Å². The molecule has 28 heavy (non-hydrogen) atoms. The first kappa shape index (κ1) is 18.9. The van der Waals surface area contributed by atoms with Crippen molar-refractivity contribution in [1.82, 2.24) is 0 Å². The minimum atomic E-state index is -4.34. The number of halogens is 4. The topological polar surface area (TPSA) is 6.48 Å². The van der Waals surface area contributed by atoms with Crippen molar-refractivity contribution in [3.05, 3.63) is 83.9 Å². The van der Waals surface area contributed by atoms with Crippen LogP contribution in [-0.2, 0) is 6.18 Å². The Morgan fingerprint density at radius 2 is 1.43 bits per heavy atom. The fraction of sp³-hybridized carbons (Fsp3) is 0.182. The molecule has 1 fully saturated rings. The van der Waals surface area contributed by atoms with E-state index in [-0.39, 0.29) is 23.1 Å². The Hall–Kier alpha value is -2.47. The zero-order valence-electron chi connectivity index (χ0n) is 14.9. The van der Waals surface area contributed by atoms with Crippen molar-refractivity contribution in [1.29, 1.82) is 0 Å². The van der Waals surface area contributed by atoms with Gasteiger partial charge in [-0.05, 0) is 29.8 Å². The average Bonchev–Trinajstić information content (AvgIpc) is 3.13.